The molecule has 0 spiro atoms. The van der Waals surface area contributed by atoms with Gasteiger partial charge in [0.15, 0.2) is 0 Å². The van der Waals surface area contributed by atoms with Crippen LogP contribution in [0.15, 0.2) is 0 Å². The van der Waals surface area contributed by atoms with Crippen LogP contribution in [0.4, 0.5) is 0 Å². The van der Waals surface area contributed by atoms with Gasteiger partial charge in [0.2, 0.25) is 0 Å². The fourth-order valence-electron chi connectivity index (χ4n) is 0.902. The topological polar surface area (TPSA) is 50.2 Å². The largest absolute Gasteiger partial charge is 0.477 e. The summed E-state index contributed by atoms with van der Waals surface area (Å²) in [6.45, 7) is 3.81. The molecule has 72 valence electrons. The van der Waals surface area contributed by atoms with Gasteiger partial charge in [0, 0.05) is 5.75 Å². The molecule has 0 atom stereocenters. The standard InChI is InChI=1S/C8H11NO2S2/c1-3-12-4-6-9-5(2)7(13-6)8(10)11/h3-4H2,1-2H3,(H,10,11). The maximum absolute atomic E-state index is 10.7. The van der Waals surface area contributed by atoms with Crippen molar-refractivity contribution in [2.75, 3.05) is 5.75 Å². The number of thioether (sulfide) groups is 1. The lowest BCUT2D eigenvalue weighted by molar-refractivity contribution is 0.0701. The Labute approximate surface area is 85.2 Å². The van der Waals surface area contributed by atoms with Gasteiger partial charge in [0.05, 0.1) is 5.69 Å². The number of aromatic carboxylic acids is 1. The summed E-state index contributed by atoms with van der Waals surface area (Å²) in [4.78, 5) is 15.2. The molecule has 0 aliphatic carbocycles. The number of carboxylic acid groups (broad SMARTS) is 1. The summed E-state index contributed by atoms with van der Waals surface area (Å²) in [5.74, 6) is 0.971. The van der Waals surface area contributed by atoms with E-state index < -0.39 is 5.97 Å². The van der Waals surface area contributed by atoms with Crippen LogP contribution in [-0.2, 0) is 5.75 Å². The van der Waals surface area contributed by atoms with Crippen LogP contribution in [0.5, 0.6) is 0 Å². The monoisotopic (exact) mass is 217 g/mol. The highest BCUT2D eigenvalue weighted by Gasteiger charge is 2.13. The molecule has 0 amide bonds. The zero-order chi connectivity index (χ0) is 9.84. The highest BCUT2D eigenvalue weighted by atomic mass is 32.2. The SMILES string of the molecule is CCSCc1nc(C)c(C(=O)O)s1. The highest BCUT2D eigenvalue weighted by molar-refractivity contribution is 7.98. The number of carbonyl (C=O) groups is 1. The van der Waals surface area contributed by atoms with Gasteiger partial charge >= 0.3 is 5.97 Å². The van der Waals surface area contributed by atoms with E-state index in [1.165, 1.54) is 11.3 Å². The molecule has 0 saturated carbocycles. The van der Waals surface area contributed by atoms with E-state index in [1.54, 1.807) is 18.7 Å². The molecule has 0 aliphatic heterocycles. The highest BCUT2D eigenvalue weighted by Crippen LogP contribution is 2.21. The van der Waals surface area contributed by atoms with Crippen molar-refractivity contribution in [2.45, 2.75) is 19.6 Å². The van der Waals surface area contributed by atoms with E-state index in [0.717, 1.165) is 16.5 Å². The predicted molar refractivity (Wildman–Crippen MR) is 55.6 cm³/mol. The molecule has 3 nitrogen and oxygen atoms in total. The van der Waals surface area contributed by atoms with Crippen LogP contribution in [0, 0.1) is 6.92 Å². The zero-order valence-corrected chi connectivity index (χ0v) is 9.17. The Morgan fingerprint density at radius 1 is 1.69 bits per heavy atom. The molecule has 1 N–H and O–H groups in total. The summed E-state index contributed by atoms with van der Waals surface area (Å²) in [5, 5.41) is 9.67. The van der Waals surface area contributed by atoms with Crippen LogP contribution in [0.25, 0.3) is 0 Å². The van der Waals surface area contributed by atoms with Crippen molar-refractivity contribution in [3.63, 3.8) is 0 Å². The fraction of sp³-hybridized carbons (Fsp3) is 0.500. The summed E-state index contributed by atoms with van der Waals surface area (Å²) in [6, 6.07) is 0. The quantitative estimate of drug-likeness (QED) is 0.841. The minimum Gasteiger partial charge on any atom is -0.477 e. The number of nitrogens with zero attached hydrogens (tertiary/aromatic N) is 1. The smallest absolute Gasteiger partial charge is 0.347 e. The van der Waals surface area contributed by atoms with Crippen LogP contribution in [0.1, 0.15) is 27.3 Å². The van der Waals surface area contributed by atoms with Crippen LogP contribution < -0.4 is 0 Å². The molecular weight excluding hydrogens is 206 g/mol. The molecule has 5 heteroatoms. The molecule has 0 radical (unpaired) electrons. The van der Waals surface area contributed by atoms with E-state index in [0.29, 0.717) is 10.6 Å². The van der Waals surface area contributed by atoms with Gasteiger partial charge < -0.3 is 5.11 Å². The molecule has 0 unspecified atom stereocenters. The number of hydrogen-bond donors (Lipinski definition) is 1. The van der Waals surface area contributed by atoms with Crippen molar-refractivity contribution in [3.8, 4) is 0 Å². The van der Waals surface area contributed by atoms with Crippen molar-refractivity contribution in [1.82, 2.24) is 4.98 Å². The molecule has 0 saturated heterocycles. The molecule has 0 aliphatic rings. The van der Waals surface area contributed by atoms with Gasteiger partial charge in [0.1, 0.15) is 9.88 Å². The van der Waals surface area contributed by atoms with Crippen molar-refractivity contribution in [1.29, 1.82) is 0 Å². The Morgan fingerprint density at radius 2 is 2.38 bits per heavy atom. The third-order valence-corrected chi connectivity index (χ3v) is 3.68. The van der Waals surface area contributed by atoms with E-state index in [2.05, 4.69) is 11.9 Å². The molecule has 1 aromatic heterocycles. The Hall–Kier alpha value is -0.550. The maximum Gasteiger partial charge on any atom is 0.347 e. The lowest BCUT2D eigenvalue weighted by Crippen LogP contribution is -1.94. The summed E-state index contributed by atoms with van der Waals surface area (Å²) in [5.41, 5.74) is 0.629. The Kier molecular flexibility index (Phi) is 3.74. The molecule has 13 heavy (non-hydrogen) atoms. The summed E-state index contributed by atoms with van der Waals surface area (Å²) in [6.07, 6.45) is 0. The second-order valence-corrected chi connectivity index (χ2v) is 4.82. The van der Waals surface area contributed by atoms with Crippen LogP contribution >= 0.6 is 23.1 Å². The van der Waals surface area contributed by atoms with Crippen molar-refractivity contribution in [3.05, 3.63) is 15.6 Å². The molecule has 1 rings (SSSR count). The first-order valence-corrected chi connectivity index (χ1v) is 5.89. The van der Waals surface area contributed by atoms with Gasteiger partial charge in [-0.15, -0.1) is 11.3 Å². The molecule has 1 heterocycles. The van der Waals surface area contributed by atoms with Crippen molar-refractivity contribution in [2.24, 2.45) is 0 Å². The number of aryl methyl sites for hydroxylation is 1. The predicted octanol–water partition coefficient (Wildman–Crippen LogP) is 2.40. The number of thiazole rings is 1. The number of aromatic nitrogens is 1. The maximum atomic E-state index is 10.7. The molecule has 0 bridgehead atoms. The summed E-state index contributed by atoms with van der Waals surface area (Å²) in [7, 11) is 0. The van der Waals surface area contributed by atoms with E-state index in [1.807, 2.05) is 0 Å². The van der Waals surface area contributed by atoms with E-state index in [-0.39, 0.29) is 0 Å². The van der Waals surface area contributed by atoms with E-state index in [9.17, 15) is 4.79 Å². The van der Waals surface area contributed by atoms with Gasteiger partial charge in [0.25, 0.3) is 0 Å². The normalized spacial score (nSPS) is 10.3. The number of rotatable bonds is 4. The van der Waals surface area contributed by atoms with Crippen LogP contribution in [0.2, 0.25) is 0 Å². The average Bonchev–Trinajstić information content (AvgIpc) is 2.43. The molecule has 1 aromatic rings. The minimum absolute atomic E-state index is 0.367. The molecule has 0 aromatic carbocycles. The number of carboxylic acids is 1. The van der Waals surface area contributed by atoms with Gasteiger partial charge in [-0.05, 0) is 12.7 Å². The minimum atomic E-state index is -0.872. The Bertz CT molecular complexity index is 309. The van der Waals surface area contributed by atoms with Crippen molar-refractivity contribution >= 4 is 29.1 Å². The zero-order valence-electron chi connectivity index (χ0n) is 7.53. The first-order chi connectivity index (χ1) is 6.15. The Morgan fingerprint density at radius 3 is 2.85 bits per heavy atom. The Balaban J connectivity index is 2.76. The first kappa shape index (κ1) is 10.5. The molecule has 0 fully saturated rings. The average molecular weight is 217 g/mol. The third kappa shape index (κ3) is 2.70. The second kappa shape index (κ2) is 4.62. The van der Waals surface area contributed by atoms with Gasteiger partial charge in [-0.1, -0.05) is 6.92 Å². The molecular formula is C8H11NO2S2. The van der Waals surface area contributed by atoms with Gasteiger partial charge in [-0.25, -0.2) is 9.78 Å². The summed E-state index contributed by atoms with van der Waals surface area (Å²) >= 11 is 3.03. The second-order valence-electron chi connectivity index (χ2n) is 2.46. The fourth-order valence-corrected chi connectivity index (χ4v) is 2.53. The third-order valence-electron chi connectivity index (χ3n) is 1.46. The van der Waals surface area contributed by atoms with Crippen LogP contribution in [0.3, 0.4) is 0 Å². The lowest BCUT2D eigenvalue weighted by atomic mass is 10.4. The van der Waals surface area contributed by atoms with Gasteiger partial charge in [-0.3, -0.25) is 0 Å². The van der Waals surface area contributed by atoms with Crippen molar-refractivity contribution < 1.29 is 9.90 Å². The van der Waals surface area contributed by atoms with E-state index >= 15 is 0 Å². The summed E-state index contributed by atoms with van der Waals surface area (Å²) < 4.78 is 0. The van der Waals surface area contributed by atoms with Gasteiger partial charge in [-0.2, -0.15) is 11.8 Å². The van der Waals surface area contributed by atoms with E-state index in [4.69, 9.17) is 5.11 Å². The first-order valence-electron chi connectivity index (χ1n) is 3.92. The lowest BCUT2D eigenvalue weighted by Gasteiger charge is -1.90. The van der Waals surface area contributed by atoms with Crippen LogP contribution in [-0.4, -0.2) is 21.8 Å². The number of hydrogen-bond acceptors (Lipinski definition) is 4.